The third kappa shape index (κ3) is 1.99. The van der Waals surface area contributed by atoms with Gasteiger partial charge in [-0.1, -0.05) is 26.7 Å². The van der Waals surface area contributed by atoms with Crippen LogP contribution in [0.5, 0.6) is 0 Å². The monoisotopic (exact) mass is 238 g/mol. The molecule has 0 bridgehead atoms. The van der Waals surface area contributed by atoms with E-state index in [9.17, 15) is 10.1 Å². The van der Waals surface area contributed by atoms with E-state index in [1.807, 2.05) is 0 Å². The molecule has 1 saturated carbocycles. The molecule has 3 unspecified atom stereocenters. The van der Waals surface area contributed by atoms with Gasteiger partial charge >= 0.3 is 5.69 Å². The summed E-state index contributed by atoms with van der Waals surface area (Å²) in [6.45, 7) is 4.38. The Bertz CT molecular complexity index is 429. The quantitative estimate of drug-likeness (QED) is 0.633. The minimum atomic E-state index is -0.476. The highest BCUT2D eigenvalue weighted by Crippen LogP contribution is 2.39. The van der Waals surface area contributed by atoms with Crippen LogP contribution in [0.3, 0.4) is 0 Å². The van der Waals surface area contributed by atoms with Gasteiger partial charge in [-0.05, 0) is 18.3 Å². The smallest absolute Gasteiger partial charge is 0.330 e. The maximum Gasteiger partial charge on any atom is 0.330 e. The van der Waals surface area contributed by atoms with Crippen molar-refractivity contribution in [2.45, 2.75) is 39.2 Å². The number of nitro groups is 1. The van der Waals surface area contributed by atoms with Crippen LogP contribution >= 0.6 is 0 Å². The van der Waals surface area contributed by atoms with Crippen molar-refractivity contribution in [3.05, 3.63) is 16.3 Å². The molecule has 0 aromatic carbocycles. The summed E-state index contributed by atoms with van der Waals surface area (Å²) >= 11 is 0. The average molecular weight is 238 g/mol. The van der Waals surface area contributed by atoms with Gasteiger partial charge in [0.15, 0.2) is 0 Å². The van der Waals surface area contributed by atoms with Gasteiger partial charge in [-0.15, -0.1) is 0 Å². The first-order chi connectivity index (χ1) is 8.02. The van der Waals surface area contributed by atoms with Crippen molar-refractivity contribution in [1.29, 1.82) is 0 Å². The number of rotatable bonds is 2. The van der Waals surface area contributed by atoms with Crippen LogP contribution < -0.4 is 5.73 Å². The molecule has 0 spiro atoms. The number of hydrogen-bond acceptors (Lipinski definition) is 4. The van der Waals surface area contributed by atoms with E-state index in [0.29, 0.717) is 11.8 Å². The molecule has 0 aliphatic heterocycles. The molecule has 1 aliphatic rings. The van der Waals surface area contributed by atoms with Crippen LogP contribution in [-0.2, 0) is 0 Å². The SMILES string of the molecule is CC1CCCC(n2ncc([N+](=O)[O-])c2N)C1C. The molecule has 2 N–H and O–H groups in total. The third-order valence-electron chi connectivity index (χ3n) is 3.99. The van der Waals surface area contributed by atoms with Crippen LogP contribution in [0.1, 0.15) is 39.2 Å². The van der Waals surface area contributed by atoms with Crippen LogP contribution in [0, 0.1) is 22.0 Å². The summed E-state index contributed by atoms with van der Waals surface area (Å²) < 4.78 is 1.64. The van der Waals surface area contributed by atoms with Crippen LogP contribution in [0.15, 0.2) is 6.20 Å². The van der Waals surface area contributed by atoms with Crippen molar-refractivity contribution in [2.75, 3.05) is 5.73 Å². The molecule has 2 rings (SSSR count). The number of hydrogen-bond donors (Lipinski definition) is 1. The molecular weight excluding hydrogens is 220 g/mol. The maximum atomic E-state index is 10.7. The normalized spacial score (nSPS) is 29.2. The summed E-state index contributed by atoms with van der Waals surface area (Å²) in [6.07, 6.45) is 4.58. The lowest BCUT2D eigenvalue weighted by Gasteiger charge is -2.34. The van der Waals surface area contributed by atoms with Crippen molar-refractivity contribution in [1.82, 2.24) is 9.78 Å². The number of aromatic nitrogens is 2. The molecule has 3 atom stereocenters. The Balaban J connectivity index is 2.30. The van der Waals surface area contributed by atoms with Crippen molar-refractivity contribution in [3.63, 3.8) is 0 Å². The highest BCUT2D eigenvalue weighted by molar-refractivity contribution is 5.51. The van der Waals surface area contributed by atoms with E-state index in [-0.39, 0.29) is 17.5 Å². The van der Waals surface area contributed by atoms with Crippen molar-refractivity contribution < 1.29 is 4.92 Å². The predicted molar refractivity (Wildman–Crippen MR) is 64.5 cm³/mol. The fourth-order valence-electron chi connectivity index (χ4n) is 2.67. The highest BCUT2D eigenvalue weighted by Gasteiger charge is 2.32. The second-order valence-electron chi connectivity index (χ2n) is 4.95. The summed E-state index contributed by atoms with van der Waals surface area (Å²) in [5.41, 5.74) is 5.71. The van der Waals surface area contributed by atoms with Gasteiger partial charge in [0.05, 0.1) is 11.0 Å². The van der Waals surface area contributed by atoms with Gasteiger partial charge < -0.3 is 5.73 Å². The first-order valence-corrected chi connectivity index (χ1v) is 5.99. The zero-order valence-corrected chi connectivity index (χ0v) is 10.2. The van der Waals surface area contributed by atoms with Gasteiger partial charge in [0.2, 0.25) is 5.82 Å². The molecule has 1 fully saturated rings. The largest absolute Gasteiger partial charge is 0.378 e. The number of nitrogens with zero attached hydrogens (tertiary/aromatic N) is 3. The van der Waals surface area contributed by atoms with Gasteiger partial charge in [0.25, 0.3) is 0 Å². The van der Waals surface area contributed by atoms with E-state index < -0.39 is 4.92 Å². The molecule has 1 aromatic heterocycles. The minimum Gasteiger partial charge on any atom is -0.378 e. The van der Waals surface area contributed by atoms with Crippen LogP contribution in [0.4, 0.5) is 11.5 Å². The summed E-state index contributed by atoms with van der Waals surface area (Å²) in [5, 5.41) is 14.8. The molecular formula is C11H18N4O2. The molecule has 6 heteroatoms. The summed E-state index contributed by atoms with van der Waals surface area (Å²) in [4.78, 5) is 10.3. The third-order valence-corrected chi connectivity index (χ3v) is 3.99. The maximum absolute atomic E-state index is 10.7. The Morgan fingerprint density at radius 1 is 1.53 bits per heavy atom. The number of nitrogens with two attached hydrogens (primary N) is 1. The van der Waals surface area contributed by atoms with Gasteiger partial charge in [-0.25, -0.2) is 4.68 Å². The Kier molecular flexibility index (Phi) is 3.04. The molecule has 1 heterocycles. The lowest BCUT2D eigenvalue weighted by atomic mass is 9.78. The second-order valence-corrected chi connectivity index (χ2v) is 4.95. The minimum absolute atomic E-state index is 0.0876. The van der Waals surface area contributed by atoms with Gasteiger partial charge in [-0.2, -0.15) is 5.10 Å². The van der Waals surface area contributed by atoms with Crippen molar-refractivity contribution in [3.8, 4) is 0 Å². The molecule has 0 amide bonds. The van der Waals surface area contributed by atoms with E-state index in [0.717, 1.165) is 12.8 Å². The molecule has 1 aromatic rings. The van der Waals surface area contributed by atoms with E-state index in [2.05, 4.69) is 18.9 Å². The fourth-order valence-corrected chi connectivity index (χ4v) is 2.67. The average Bonchev–Trinajstić information content (AvgIpc) is 2.64. The fraction of sp³-hybridized carbons (Fsp3) is 0.727. The molecule has 6 nitrogen and oxygen atoms in total. The van der Waals surface area contributed by atoms with Gasteiger partial charge in [-0.3, -0.25) is 10.1 Å². The zero-order chi connectivity index (χ0) is 12.6. The van der Waals surface area contributed by atoms with Crippen molar-refractivity contribution in [2.24, 2.45) is 11.8 Å². The Morgan fingerprint density at radius 3 is 2.82 bits per heavy atom. The first kappa shape index (κ1) is 11.9. The predicted octanol–water partition coefficient (Wildman–Crippen LogP) is 2.37. The topological polar surface area (TPSA) is 87.0 Å². The molecule has 1 aliphatic carbocycles. The molecule has 0 saturated heterocycles. The molecule has 0 radical (unpaired) electrons. The van der Waals surface area contributed by atoms with E-state index in [1.165, 1.54) is 12.6 Å². The van der Waals surface area contributed by atoms with E-state index in [4.69, 9.17) is 5.73 Å². The summed E-state index contributed by atoms with van der Waals surface area (Å²) in [5.74, 6) is 1.24. The van der Waals surface area contributed by atoms with Crippen LogP contribution in [0.2, 0.25) is 0 Å². The van der Waals surface area contributed by atoms with E-state index >= 15 is 0 Å². The van der Waals surface area contributed by atoms with Gasteiger partial charge in [0, 0.05) is 0 Å². The number of nitrogen functional groups attached to an aromatic ring is 1. The molecule has 17 heavy (non-hydrogen) atoms. The van der Waals surface area contributed by atoms with Crippen LogP contribution in [0.25, 0.3) is 0 Å². The summed E-state index contributed by atoms with van der Waals surface area (Å²) in [6, 6.07) is 0.187. The lowest BCUT2D eigenvalue weighted by molar-refractivity contribution is -0.384. The lowest BCUT2D eigenvalue weighted by Crippen LogP contribution is -2.28. The standard InChI is InChI=1S/C11H18N4O2/c1-7-4-3-5-9(8(7)2)14-11(12)10(6-13-14)15(16)17/h6-9H,3-5,12H2,1-2H3. The Hall–Kier alpha value is -1.59. The molecule has 94 valence electrons. The number of anilines is 1. The van der Waals surface area contributed by atoms with Crippen molar-refractivity contribution >= 4 is 11.5 Å². The zero-order valence-electron chi connectivity index (χ0n) is 10.2. The highest BCUT2D eigenvalue weighted by atomic mass is 16.6. The second kappa shape index (κ2) is 4.35. The van der Waals surface area contributed by atoms with Gasteiger partial charge in [0.1, 0.15) is 6.20 Å². The van der Waals surface area contributed by atoms with E-state index in [1.54, 1.807) is 4.68 Å². The Labute approximate surface area is 99.9 Å². The van der Waals surface area contributed by atoms with Crippen LogP contribution in [-0.4, -0.2) is 14.7 Å². The summed E-state index contributed by atoms with van der Waals surface area (Å²) in [7, 11) is 0. The Morgan fingerprint density at radius 2 is 2.24 bits per heavy atom. The first-order valence-electron chi connectivity index (χ1n) is 5.99.